The molecule has 0 unspecified atom stereocenters. The van der Waals surface area contributed by atoms with Gasteiger partial charge in [-0.15, -0.1) is 0 Å². The molecule has 1 fully saturated rings. The second kappa shape index (κ2) is 5.41. The first-order chi connectivity index (χ1) is 8.48. The number of nitrogens with one attached hydrogen (secondary N) is 2. The van der Waals surface area contributed by atoms with Gasteiger partial charge in [0.2, 0.25) is 0 Å². The zero-order valence-corrected chi connectivity index (χ0v) is 12.4. The van der Waals surface area contributed by atoms with Gasteiger partial charge in [-0.25, -0.2) is 0 Å². The molecule has 0 radical (unpaired) electrons. The van der Waals surface area contributed by atoms with Crippen molar-refractivity contribution in [3.05, 3.63) is 33.8 Å². The number of carbonyl (C=O) groups is 1. The van der Waals surface area contributed by atoms with E-state index in [1.165, 1.54) is 0 Å². The van der Waals surface area contributed by atoms with Crippen LogP contribution in [0.3, 0.4) is 0 Å². The molecule has 2 N–H and O–H groups in total. The Labute approximate surface area is 116 Å². The first-order valence-electron chi connectivity index (χ1n) is 6.29. The minimum Gasteiger partial charge on any atom is -0.347 e. The van der Waals surface area contributed by atoms with Gasteiger partial charge < -0.3 is 10.6 Å². The van der Waals surface area contributed by atoms with Gasteiger partial charge in [0, 0.05) is 15.6 Å². The van der Waals surface area contributed by atoms with Crippen molar-refractivity contribution < 1.29 is 4.79 Å². The Hall–Kier alpha value is -0.870. The van der Waals surface area contributed by atoms with Gasteiger partial charge in [-0.3, -0.25) is 4.79 Å². The summed E-state index contributed by atoms with van der Waals surface area (Å²) < 4.78 is 0.947. The van der Waals surface area contributed by atoms with Gasteiger partial charge in [-0.05, 0) is 63.5 Å². The predicted octanol–water partition coefficient (Wildman–Crippen LogP) is 2.63. The highest BCUT2D eigenvalue weighted by molar-refractivity contribution is 9.10. The molecule has 1 aromatic rings. The standard InChI is InChI=1S/C14H19BrN2O/c1-10-7-11(9-12(15)8-10)13(18)17-14(2)3-5-16-6-4-14/h7-9,16H,3-6H2,1-2H3,(H,17,18). The Morgan fingerprint density at radius 1 is 1.33 bits per heavy atom. The molecule has 1 amide bonds. The lowest BCUT2D eigenvalue weighted by Crippen LogP contribution is -2.52. The largest absolute Gasteiger partial charge is 0.347 e. The molecular formula is C14H19BrN2O. The smallest absolute Gasteiger partial charge is 0.251 e. The van der Waals surface area contributed by atoms with E-state index in [0.29, 0.717) is 0 Å². The average Bonchev–Trinajstić information content (AvgIpc) is 2.28. The quantitative estimate of drug-likeness (QED) is 0.881. The normalized spacial score (nSPS) is 18.4. The molecule has 3 nitrogen and oxygen atoms in total. The van der Waals surface area contributed by atoms with E-state index >= 15 is 0 Å². The fourth-order valence-electron chi connectivity index (χ4n) is 2.32. The van der Waals surface area contributed by atoms with E-state index in [-0.39, 0.29) is 11.4 Å². The molecule has 0 spiro atoms. The molecule has 1 aromatic carbocycles. The maximum atomic E-state index is 12.3. The number of rotatable bonds is 2. The first kappa shape index (κ1) is 13.6. The number of halogens is 1. The van der Waals surface area contributed by atoms with Crippen molar-refractivity contribution in [1.29, 1.82) is 0 Å². The van der Waals surface area contributed by atoms with E-state index in [0.717, 1.165) is 41.5 Å². The summed E-state index contributed by atoms with van der Waals surface area (Å²) in [4.78, 5) is 12.3. The molecule has 0 aromatic heterocycles. The SMILES string of the molecule is Cc1cc(Br)cc(C(=O)NC2(C)CCNCC2)c1. The van der Waals surface area contributed by atoms with Gasteiger partial charge in [0.15, 0.2) is 0 Å². The second-order valence-electron chi connectivity index (χ2n) is 5.28. The van der Waals surface area contributed by atoms with Gasteiger partial charge in [0.1, 0.15) is 0 Å². The maximum Gasteiger partial charge on any atom is 0.251 e. The van der Waals surface area contributed by atoms with Crippen LogP contribution in [0.5, 0.6) is 0 Å². The fourth-order valence-corrected chi connectivity index (χ4v) is 2.92. The van der Waals surface area contributed by atoms with Crippen molar-refractivity contribution in [2.45, 2.75) is 32.2 Å². The lowest BCUT2D eigenvalue weighted by atomic mass is 9.90. The minimum absolute atomic E-state index is 0.0174. The maximum absolute atomic E-state index is 12.3. The van der Waals surface area contributed by atoms with Crippen LogP contribution >= 0.6 is 15.9 Å². The molecule has 98 valence electrons. The van der Waals surface area contributed by atoms with Crippen LogP contribution in [-0.2, 0) is 0 Å². The number of hydrogen-bond donors (Lipinski definition) is 2. The van der Waals surface area contributed by atoms with E-state index < -0.39 is 0 Å². The fraction of sp³-hybridized carbons (Fsp3) is 0.500. The van der Waals surface area contributed by atoms with E-state index in [2.05, 4.69) is 33.5 Å². The van der Waals surface area contributed by atoms with Crippen LogP contribution in [0.2, 0.25) is 0 Å². The highest BCUT2D eigenvalue weighted by Gasteiger charge is 2.28. The van der Waals surface area contributed by atoms with E-state index in [4.69, 9.17) is 0 Å². The van der Waals surface area contributed by atoms with Crippen molar-refractivity contribution in [2.24, 2.45) is 0 Å². The third kappa shape index (κ3) is 3.33. The molecule has 0 bridgehead atoms. The molecule has 0 atom stereocenters. The molecule has 4 heteroatoms. The topological polar surface area (TPSA) is 41.1 Å². The molecule has 2 rings (SSSR count). The van der Waals surface area contributed by atoms with Gasteiger partial charge in [-0.1, -0.05) is 15.9 Å². The van der Waals surface area contributed by atoms with Gasteiger partial charge in [-0.2, -0.15) is 0 Å². The molecule has 1 aliphatic rings. The van der Waals surface area contributed by atoms with Gasteiger partial charge in [0.25, 0.3) is 5.91 Å². The average molecular weight is 311 g/mol. The summed E-state index contributed by atoms with van der Waals surface area (Å²) in [6, 6.07) is 5.79. The third-order valence-electron chi connectivity index (χ3n) is 3.43. The van der Waals surface area contributed by atoms with Crippen molar-refractivity contribution in [1.82, 2.24) is 10.6 Å². The highest BCUT2D eigenvalue weighted by Crippen LogP contribution is 2.20. The van der Waals surface area contributed by atoms with Crippen LogP contribution in [0.25, 0.3) is 0 Å². The number of amides is 1. The van der Waals surface area contributed by atoms with Crippen LogP contribution in [0.4, 0.5) is 0 Å². The van der Waals surface area contributed by atoms with Crippen molar-refractivity contribution in [2.75, 3.05) is 13.1 Å². The second-order valence-corrected chi connectivity index (χ2v) is 6.20. The molecule has 18 heavy (non-hydrogen) atoms. The minimum atomic E-state index is -0.0848. The molecule has 0 saturated carbocycles. The van der Waals surface area contributed by atoms with Crippen molar-refractivity contribution >= 4 is 21.8 Å². The number of carbonyl (C=O) groups excluding carboxylic acids is 1. The molecule has 1 heterocycles. The van der Waals surface area contributed by atoms with E-state index in [9.17, 15) is 4.79 Å². The summed E-state index contributed by atoms with van der Waals surface area (Å²) in [6.45, 7) is 6.05. The molecule has 0 aliphatic carbocycles. The number of aryl methyl sites for hydroxylation is 1. The number of hydrogen-bond acceptors (Lipinski definition) is 2. The Morgan fingerprint density at radius 3 is 2.61 bits per heavy atom. The zero-order valence-electron chi connectivity index (χ0n) is 10.8. The highest BCUT2D eigenvalue weighted by atomic mass is 79.9. The predicted molar refractivity (Wildman–Crippen MR) is 76.9 cm³/mol. The molecule has 1 aliphatic heterocycles. The number of piperidine rings is 1. The van der Waals surface area contributed by atoms with Crippen LogP contribution in [0.1, 0.15) is 35.7 Å². The molecule has 1 saturated heterocycles. The van der Waals surface area contributed by atoms with E-state index in [1.807, 2.05) is 25.1 Å². The third-order valence-corrected chi connectivity index (χ3v) is 3.88. The summed E-state index contributed by atoms with van der Waals surface area (Å²) >= 11 is 3.43. The van der Waals surface area contributed by atoms with Crippen LogP contribution in [0.15, 0.2) is 22.7 Å². The lowest BCUT2D eigenvalue weighted by Gasteiger charge is -2.35. The van der Waals surface area contributed by atoms with Crippen molar-refractivity contribution in [3.63, 3.8) is 0 Å². The van der Waals surface area contributed by atoms with Gasteiger partial charge >= 0.3 is 0 Å². The summed E-state index contributed by atoms with van der Waals surface area (Å²) in [5, 5.41) is 6.48. The Kier molecular flexibility index (Phi) is 4.07. The summed E-state index contributed by atoms with van der Waals surface area (Å²) in [5.74, 6) is 0.0174. The lowest BCUT2D eigenvalue weighted by molar-refractivity contribution is 0.0887. The zero-order chi connectivity index (χ0) is 13.2. The monoisotopic (exact) mass is 310 g/mol. The summed E-state index contributed by atoms with van der Waals surface area (Å²) in [7, 11) is 0. The Balaban J connectivity index is 2.11. The van der Waals surface area contributed by atoms with Crippen molar-refractivity contribution in [3.8, 4) is 0 Å². The number of benzene rings is 1. The molecular weight excluding hydrogens is 292 g/mol. The van der Waals surface area contributed by atoms with E-state index in [1.54, 1.807) is 0 Å². The van der Waals surface area contributed by atoms with Crippen LogP contribution in [-0.4, -0.2) is 24.5 Å². The Bertz CT molecular complexity index is 433. The Morgan fingerprint density at radius 2 is 2.00 bits per heavy atom. The van der Waals surface area contributed by atoms with Gasteiger partial charge in [0.05, 0.1) is 0 Å². The summed E-state index contributed by atoms with van der Waals surface area (Å²) in [6.07, 6.45) is 1.96. The summed E-state index contributed by atoms with van der Waals surface area (Å²) in [5.41, 5.74) is 1.73. The van der Waals surface area contributed by atoms with Crippen LogP contribution in [0, 0.1) is 6.92 Å². The van der Waals surface area contributed by atoms with Crippen LogP contribution < -0.4 is 10.6 Å². The first-order valence-corrected chi connectivity index (χ1v) is 7.08.